The number of H-pyrrole nitrogens is 2. The van der Waals surface area contributed by atoms with E-state index in [0.717, 1.165) is 11.0 Å². The maximum absolute atomic E-state index is 12.8. The van der Waals surface area contributed by atoms with Crippen molar-refractivity contribution in [2.45, 2.75) is 13.3 Å². The first-order chi connectivity index (χ1) is 19.3. The number of para-hydroxylation sites is 2. The standard InChI is InChI=1S/C20H12N2O2.C11H9NO4/c23-19-11-5-1-3-7-15(11)21-17-10-14-18(9-13(17)19)22-16-8-4-2-6-12(16)20(14)24;1-2-7-10(13)8-4-3-6(12(15)16)5-9(8)11(7)14/h1-10H,(H,21,23)(H,22,24);3-5,7H,2H2,1H3. The highest BCUT2D eigenvalue weighted by atomic mass is 16.6. The number of hydrogen-bond acceptors (Lipinski definition) is 6. The quantitative estimate of drug-likeness (QED) is 0.127. The van der Waals surface area contributed by atoms with Gasteiger partial charge in [0.2, 0.25) is 0 Å². The lowest BCUT2D eigenvalue weighted by Gasteiger charge is -2.06. The van der Waals surface area contributed by atoms with E-state index >= 15 is 0 Å². The Morgan fingerprint density at radius 1 is 0.650 bits per heavy atom. The average Bonchev–Trinajstić information content (AvgIpc) is 3.21. The zero-order chi connectivity index (χ0) is 28.1. The molecule has 1 aliphatic rings. The molecule has 0 amide bonds. The number of pyridine rings is 2. The smallest absolute Gasteiger partial charge is 0.270 e. The summed E-state index contributed by atoms with van der Waals surface area (Å²) in [5, 5.41) is 13.0. The minimum absolute atomic E-state index is 0.0322. The van der Waals surface area contributed by atoms with E-state index < -0.39 is 10.8 Å². The molecule has 2 heterocycles. The van der Waals surface area contributed by atoms with E-state index in [-0.39, 0.29) is 33.7 Å². The van der Waals surface area contributed by atoms with Crippen LogP contribution in [0.4, 0.5) is 5.69 Å². The average molecular weight is 532 g/mol. The molecule has 9 heteroatoms. The zero-order valence-corrected chi connectivity index (χ0v) is 21.2. The van der Waals surface area contributed by atoms with Crippen molar-refractivity contribution < 1.29 is 14.5 Å². The van der Waals surface area contributed by atoms with Crippen molar-refractivity contribution in [3.05, 3.63) is 121 Å². The number of non-ortho nitro benzene ring substituents is 1. The summed E-state index contributed by atoms with van der Waals surface area (Å²) >= 11 is 0. The summed E-state index contributed by atoms with van der Waals surface area (Å²) in [5.41, 5.74) is 3.16. The van der Waals surface area contributed by atoms with E-state index in [0.29, 0.717) is 44.6 Å². The van der Waals surface area contributed by atoms with Crippen LogP contribution >= 0.6 is 0 Å². The van der Waals surface area contributed by atoms with Gasteiger partial charge in [-0.15, -0.1) is 0 Å². The van der Waals surface area contributed by atoms with Gasteiger partial charge in [-0.2, -0.15) is 0 Å². The van der Waals surface area contributed by atoms with Crippen LogP contribution in [0.1, 0.15) is 34.1 Å². The van der Waals surface area contributed by atoms with E-state index in [9.17, 15) is 29.3 Å². The van der Waals surface area contributed by atoms with Gasteiger partial charge in [0.25, 0.3) is 5.69 Å². The van der Waals surface area contributed by atoms with Crippen LogP contribution in [0.15, 0.2) is 88.5 Å². The number of ketones is 2. The van der Waals surface area contributed by atoms with Crippen molar-refractivity contribution in [2.75, 3.05) is 0 Å². The summed E-state index contributed by atoms with van der Waals surface area (Å²) < 4.78 is 0. The number of nitro benzene ring substituents is 1. The van der Waals surface area contributed by atoms with Gasteiger partial charge in [-0.1, -0.05) is 31.2 Å². The molecule has 1 atom stereocenters. The minimum atomic E-state index is -0.656. The molecule has 6 aromatic rings. The number of aromatic nitrogens is 2. The highest BCUT2D eigenvalue weighted by molar-refractivity contribution is 6.26. The van der Waals surface area contributed by atoms with E-state index in [1.807, 2.05) is 36.4 Å². The first kappa shape index (κ1) is 24.9. The molecule has 4 aromatic carbocycles. The number of fused-ring (bicyclic) bond motifs is 5. The van der Waals surface area contributed by atoms with E-state index in [1.54, 1.807) is 31.2 Å². The van der Waals surface area contributed by atoms with Crippen LogP contribution in [-0.2, 0) is 0 Å². The van der Waals surface area contributed by atoms with Crippen LogP contribution in [0.3, 0.4) is 0 Å². The molecule has 0 fully saturated rings. The van der Waals surface area contributed by atoms with Gasteiger partial charge >= 0.3 is 0 Å². The zero-order valence-electron chi connectivity index (χ0n) is 21.2. The number of nitro groups is 1. The summed E-state index contributed by atoms with van der Waals surface area (Å²) in [6, 6.07) is 22.1. The van der Waals surface area contributed by atoms with Crippen LogP contribution in [0.25, 0.3) is 43.6 Å². The summed E-state index contributed by atoms with van der Waals surface area (Å²) in [4.78, 5) is 65.5. The number of hydrogen-bond donors (Lipinski definition) is 2. The fourth-order valence-electron chi connectivity index (χ4n) is 5.27. The molecule has 40 heavy (non-hydrogen) atoms. The van der Waals surface area contributed by atoms with Crippen molar-refractivity contribution in [1.29, 1.82) is 0 Å². The predicted octanol–water partition coefficient (Wildman–Crippen LogP) is 5.68. The number of aromatic amines is 2. The Morgan fingerprint density at radius 2 is 1.15 bits per heavy atom. The Bertz CT molecular complexity index is 2070. The molecule has 7 rings (SSSR count). The summed E-state index contributed by atoms with van der Waals surface area (Å²) in [5.74, 6) is -1.18. The minimum Gasteiger partial charge on any atom is -0.354 e. The van der Waals surface area contributed by atoms with Crippen LogP contribution in [0.5, 0.6) is 0 Å². The number of rotatable bonds is 2. The van der Waals surface area contributed by atoms with Crippen molar-refractivity contribution >= 4 is 60.9 Å². The van der Waals surface area contributed by atoms with Gasteiger partial charge in [-0.3, -0.25) is 29.3 Å². The second-order valence-electron chi connectivity index (χ2n) is 9.62. The van der Waals surface area contributed by atoms with Crippen molar-refractivity contribution in [1.82, 2.24) is 9.97 Å². The van der Waals surface area contributed by atoms with Crippen LogP contribution in [-0.4, -0.2) is 26.5 Å². The number of carbonyl (C=O) groups excluding carboxylic acids is 2. The van der Waals surface area contributed by atoms with Gasteiger partial charge in [0.1, 0.15) is 0 Å². The number of nitrogens with zero attached hydrogens (tertiary/aromatic N) is 1. The monoisotopic (exact) mass is 531 g/mol. The molecule has 0 saturated heterocycles. The third-order valence-corrected chi connectivity index (χ3v) is 7.32. The number of nitrogens with one attached hydrogen (secondary N) is 2. The molecular formula is C31H21N3O6. The van der Waals surface area contributed by atoms with Gasteiger partial charge in [-0.25, -0.2) is 0 Å². The molecule has 1 unspecified atom stereocenters. The Hall–Kier alpha value is -5.44. The van der Waals surface area contributed by atoms with Crippen molar-refractivity contribution in [3.63, 3.8) is 0 Å². The normalized spacial score (nSPS) is 14.5. The lowest BCUT2D eigenvalue weighted by Crippen LogP contribution is -2.13. The Labute approximate surface area is 225 Å². The molecule has 0 bridgehead atoms. The van der Waals surface area contributed by atoms with E-state index in [4.69, 9.17) is 0 Å². The van der Waals surface area contributed by atoms with Gasteiger partial charge < -0.3 is 9.97 Å². The van der Waals surface area contributed by atoms with Gasteiger partial charge in [-0.05, 0) is 48.9 Å². The summed E-state index contributed by atoms with van der Waals surface area (Å²) in [6.45, 7) is 1.75. The molecule has 0 aliphatic heterocycles. The largest absolute Gasteiger partial charge is 0.354 e. The van der Waals surface area contributed by atoms with E-state index in [2.05, 4.69) is 9.97 Å². The highest BCUT2D eigenvalue weighted by Gasteiger charge is 2.38. The van der Waals surface area contributed by atoms with Crippen LogP contribution in [0.2, 0.25) is 0 Å². The Morgan fingerprint density at radius 3 is 1.65 bits per heavy atom. The molecule has 2 aromatic heterocycles. The fourth-order valence-corrected chi connectivity index (χ4v) is 5.27. The van der Waals surface area contributed by atoms with Crippen LogP contribution < -0.4 is 10.9 Å². The van der Waals surface area contributed by atoms with Gasteiger partial charge in [0.15, 0.2) is 22.4 Å². The topological polar surface area (TPSA) is 143 Å². The third-order valence-electron chi connectivity index (χ3n) is 7.32. The summed E-state index contributed by atoms with van der Waals surface area (Å²) in [7, 11) is 0. The van der Waals surface area contributed by atoms with Crippen molar-refractivity contribution in [3.8, 4) is 0 Å². The fraction of sp³-hybridized carbons (Fsp3) is 0.0968. The molecule has 1 aliphatic carbocycles. The second-order valence-corrected chi connectivity index (χ2v) is 9.62. The van der Waals surface area contributed by atoms with Crippen molar-refractivity contribution in [2.24, 2.45) is 5.92 Å². The van der Waals surface area contributed by atoms with Gasteiger partial charge in [0, 0.05) is 55.8 Å². The van der Waals surface area contributed by atoms with E-state index in [1.165, 1.54) is 18.2 Å². The third kappa shape index (κ3) is 3.87. The van der Waals surface area contributed by atoms with Crippen LogP contribution in [0, 0.1) is 16.0 Å². The first-order valence-corrected chi connectivity index (χ1v) is 12.6. The molecule has 9 nitrogen and oxygen atoms in total. The lowest BCUT2D eigenvalue weighted by molar-refractivity contribution is -0.384. The molecule has 0 spiro atoms. The second kappa shape index (κ2) is 9.39. The molecule has 196 valence electrons. The maximum Gasteiger partial charge on any atom is 0.270 e. The number of benzene rings is 4. The van der Waals surface area contributed by atoms with Gasteiger partial charge in [0.05, 0.1) is 21.9 Å². The number of Topliss-reactive ketones (excluding diaryl/α,β-unsaturated/α-hetero) is 2. The SMILES string of the molecule is CCC1C(=O)c2ccc([N+](=O)[O-])cc2C1=O.O=c1c2ccccc2[nH]c2cc3c(=O)c4ccccc4[nH]c3cc12. The Balaban J connectivity index is 0.000000158. The Kier molecular flexibility index (Phi) is 5.84. The molecule has 0 saturated carbocycles. The number of carbonyl (C=O) groups is 2. The lowest BCUT2D eigenvalue weighted by atomic mass is 10.0. The molecule has 0 radical (unpaired) electrons. The molecule has 2 N–H and O–H groups in total. The highest BCUT2D eigenvalue weighted by Crippen LogP contribution is 2.31. The summed E-state index contributed by atoms with van der Waals surface area (Å²) in [6.07, 6.45) is 0.431. The molecular weight excluding hydrogens is 510 g/mol. The predicted molar refractivity (Wildman–Crippen MR) is 153 cm³/mol. The maximum atomic E-state index is 12.8. The first-order valence-electron chi connectivity index (χ1n) is 12.6.